The van der Waals surface area contributed by atoms with Gasteiger partial charge in [0.05, 0.1) is 5.02 Å². The van der Waals surface area contributed by atoms with E-state index in [2.05, 4.69) is 0 Å². The molecule has 0 aliphatic heterocycles. The van der Waals surface area contributed by atoms with Gasteiger partial charge < -0.3 is 10.5 Å². The van der Waals surface area contributed by atoms with Gasteiger partial charge in [-0.05, 0) is 30.4 Å². The van der Waals surface area contributed by atoms with Crippen LogP contribution in [-0.4, -0.2) is 19.8 Å². The minimum absolute atomic E-state index is 0.0851. The van der Waals surface area contributed by atoms with Crippen molar-refractivity contribution < 1.29 is 9.13 Å². The Hall–Kier alpha value is -0.640. The highest BCUT2D eigenvalue weighted by atomic mass is 35.5. The quantitative estimate of drug-likeness (QED) is 0.852. The summed E-state index contributed by atoms with van der Waals surface area (Å²) in [4.78, 5) is 0. The summed E-state index contributed by atoms with van der Waals surface area (Å²) >= 11 is 5.72. The molecule has 1 rings (SSSR count). The van der Waals surface area contributed by atoms with Gasteiger partial charge in [0, 0.05) is 19.8 Å². The van der Waals surface area contributed by atoms with Gasteiger partial charge in [-0.3, -0.25) is 0 Å². The molecule has 2 atom stereocenters. The monoisotopic (exact) mass is 259 g/mol. The molecule has 2 unspecified atom stereocenters. The van der Waals surface area contributed by atoms with E-state index in [0.29, 0.717) is 18.6 Å². The first-order valence-electron chi connectivity index (χ1n) is 5.73. The normalized spacial score (nSPS) is 14.6. The van der Waals surface area contributed by atoms with E-state index in [1.54, 1.807) is 25.3 Å². The Bertz CT molecular complexity index is 359. The van der Waals surface area contributed by atoms with Gasteiger partial charge >= 0.3 is 0 Å². The highest BCUT2D eigenvalue weighted by molar-refractivity contribution is 6.30. The van der Waals surface area contributed by atoms with Crippen molar-refractivity contribution in [1.82, 2.24) is 0 Å². The smallest absolute Gasteiger partial charge is 0.145 e. The van der Waals surface area contributed by atoms with Crippen LogP contribution in [0.1, 0.15) is 18.9 Å². The second kappa shape index (κ2) is 6.94. The van der Waals surface area contributed by atoms with E-state index in [1.807, 2.05) is 6.92 Å². The Balaban J connectivity index is 2.61. The average molecular weight is 260 g/mol. The van der Waals surface area contributed by atoms with Crippen molar-refractivity contribution in [2.75, 3.05) is 13.7 Å². The van der Waals surface area contributed by atoms with Crippen LogP contribution in [0.3, 0.4) is 0 Å². The van der Waals surface area contributed by atoms with E-state index in [1.165, 1.54) is 0 Å². The number of hydrogen-bond donors (Lipinski definition) is 1. The molecule has 0 saturated heterocycles. The van der Waals surface area contributed by atoms with E-state index in [4.69, 9.17) is 22.1 Å². The van der Waals surface area contributed by atoms with Crippen LogP contribution in [0.4, 0.5) is 4.39 Å². The fraction of sp³-hybridized carbons (Fsp3) is 0.538. The second-order valence-corrected chi connectivity index (χ2v) is 4.75. The number of nitrogens with two attached hydrogens (primary N) is 1. The van der Waals surface area contributed by atoms with Crippen LogP contribution in [0.5, 0.6) is 0 Å². The van der Waals surface area contributed by atoms with Gasteiger partial charge in [0.15, 0.2) is 0 Å². The third-order valence-corrected chi connectivity index (χ3v) is 3.29. The maximum Gasteiger partial charge on any atom is 0.145 e. The van der Waals surface area contributed by atoms with Crippen molar-refractivity contribution in [3.63, 3.8) is 0 Å². The first kappa shape index (κ1) is 14.4. The van der Waals surface area contributed by atoms with E-state index < -0.39 is 0 Å². The number of halogens is 2. The minimum Gasteiger partial charge on any atom is -0.385 e. The summed E-state index contributed by atoms with van der Waals surface area (Å²) in [6, 6.07) is 4.93. The lowest BCUT2D eigenvalue weighted by Gasteiger charge is -2.20. The summed E-state index contributed by atoms with van der Waals surface area (Å²) in [7, 11) is 1.66. The molecule has 0 radical (unpaired) electrons. The predicted octanol–water partition coefficient (Wildman–Crippen LogP) is 3.02. The molecule has 1 aromatic rings. The van der Waals surface area contributed by atoms with Crippen LogP contribution >= 0.6 is 11.6 Å². The number of methoxy groups -OCH3 is 1. The Morgan fingerprint density at radius 3 is 2.82 bits per heavy atom. The largest absolute Gasteiger partial charge is 0.385 e. The Morgan fingerprint density at radius 1 is 1.47 bits per heavy atom. The lowest BCUT2D eigenvalue weighted by Crippen LogP contribution is -2.31. The van der Waals surface area contributed by atoms with Gasteiger partial charge in [0.1, 0.15) is 5.82 Å². The van der Waals surface area contributed by atoms with Crippen LogP contribution in [0, 0.1) is 11.7 Å². The zero-order valence-corrected chi connectivity index (χ0v) is 11.0. The van der Waals surface area contributed by atoms with E-state index in [9.17, 15) is 4.39 Å². The summed E-state index contributed by atoms with van der Waals surface area (Å²) in [6.45, 7) is 2.72. The molecule has 2 nitrogen and oxygen atoms in total. The highest BCUT2D eigenvalue weighted by Gasteiger charge is 2.16. The second-order valence-electron chi connectivity index (χ2n) is 4.34. The van der Waals surface area contributed by atoms with Crippen molar-refractivity contribution in [2.45, 2.75) is 25.8 Å². The molecule has 0 spiro atoms. The summed E-state index contributed by atoms with van der Waals surface area (Å²) in [6.07, 6.45) is 1.37. The van der Waals surface area contributed by atoms with Gasteiger partial charge in [0.25, 0.3) is 0 Å². The van der Waals surface area contributed by atoms with Crippen LogP contribution in [0.25, 0.3) is 0 Å². The number of benzene rings is 1. The Kier molecular flexibility index (Phi) is 5.89. The molecule has 0 aromatic heterocycles. The standard InChI is InChI=1S/C13H19ClFNO/c1-9(6-7-17-2)12(16)8-10-4-3-5-11(14)13(10)15/h3-5,9,12H,6-8,16H2,1-2H3. The molecule has 2 N–H and O–H groups in total. The SMILES string of the molecule is COCCC(C)C(N)Cc1cccc(Cl)c1F. The van der Waals surface area contributed by atoms with Gasteiger partial charge in [-0.2, -0.15) is 0 Å². The first-order chi connectivity index (χ1) is 8.06. The number of rotatable bonds is 6. The van der Waals surface area contributed by atoms with E-state index in [-0.39, 0.29) is 22.8 Å². The summed E-state index contributed by atoms with van der Waals surface area (Å²) in [5.41, 5.74) is 6.62. The Morgan fingerprint density at radius 2 is 2.18 bits per heavy atom. The van der Waals surface area contributed by atoms with Crippen molar-refractivity contribution >= 4 is 11.6 Å². The lowest BCUT2D eigenvalue weighted by atomic mass is 9.93. The molecule has 0 saturated carbocycles. The molecule has 0 heterocycles. The van der Waals surface area contributed by atoms with Gasteiger partial charge in [-0.25, -0.2) is 4.39 Å². The lowest BCUT2D eigenvalue weighted by molar-refractivity contribution is 0.174. The molecular formula is C13H19ClFNO. The zero-order valence-electron chi connectivity index (χ0n) is 10.2. The summed E-state index contributed by atoms with van der Waals surface area (Å²) in [5.74, 6) is -0.0723. The third kappa shape index (κ3) is 4.26. The molecule has 0 bridgehead atoms. The summed E-state index contributed by atoms with van der Waals surface area (Å²) < 4.78 is 18.7. The van der Waals surface area contributed by atoms with Gasteiger partial charge in [0.2, 0.25) is 0 Å². The van der Waals surface area contributed by atoms with Crippen molar-refractivity contribution in [3.8, 4) is 0 Å². The molecule has 96 valence electrons. The number of hydrogen-bond acceptors (Lipinski definition) is 2. The van der Waals surface area contributed by atoms with Crippen LogP contribution in [0.15, 0.2) is 18.2 Å². The summed E-state index contributed by atoms with van der Waals surface area (Å²) in [5, 5.41) is 0.152. The molecule has 1 aromatic carbocycles. The van der Waals surface area contributed by atoms with E-state index >= 15 is 0 Å². The van der Waals surface area contributed by atoms with Crippen molar-refractivity contribution in [3.05, 3.63) is 34.6 Å². The molecule has 0 fully saturated rings. The molecule has 0 aliphatic rings. The van der Waals surface area contributed by atoms with Crippen LogP contribution in [0.2, 0.25) is 5.02 Å². The van der Waals surface area contributed by atoms with Gasteiger partial charge in [-0.15, -0.1) is 0 Å². The minimum atomic E-state index is -0.358. The van der Waals surface area contributed by atoms with Crippen molar-refractivity contribution in [1.29, 1.82) is 0 Å². The number of ether oxygens (including phenoxy) is 1. The maximum absolute atomic E-state index is 13.7. The zero-order chi connectivity index (χ0) is 12.8. The van der Waals surface area contributed by atoms with Crippen LogP contribution < -0.4 is 5.73 Å². The maximum atomic E-state index is 13.7. The van der Waals surface area contributed by atoms with E-state index in [0.717, 1.165) is 6.42 Å². The molecule has 4 heteroatoms. The molecule has 0 aliphatic carbocycles. The first-order valence-corrected chi connectivity index (χ1v) is 6.11. The molecule has 0 amide bonds. The molecular weight excluding hydrogens is 241 g/mol. The fourth-order valence-electron chi connectivity index (χ4n) is 1.68. The fourth-order valence-corrected chi connectivity index (χ4v) is 1.87. The van der Waals surface area contributed by atoms with Crippen molar-refractivity contribution in [2.24, 2.45) is 11.7 Å². The highest BCUT2D eigenvalue weighted by Crippen LogP contribution is 2.20. The van der Waals surface area contributed by atoms with Gasteiger partial charge in [-0.1, -0.05) is 30.7 Å². The van der Waals surface area contributed by atoms with Crippen LogP contribution in [-0.2, 0) is 11.2 Å². The topological polar surface area (TPSA) is 35.2 Å². The predicted molar refractivity (Wildman–Crippen MR) is 68.7 cm³/mol. The average Bonchev–Trinajstić information content (AvgIpc) is 2.31. The Labute approximate surface area is 107 Å². The molecule has 17 heavy (non-hydrogen) atoms. The third-order valence-electron chi connectivity index (χ3n) is 3.00.